The van der Waals surface area contributed by atoms with Crippen LogP contribution in [0.1, 0.15) is 20.3 Å². The van der Waals surface area contributed by atoms with Crippen LogP contribution < -0.4 is 11.1 Å². The van der Waals surface area contributed by atoms with E-state index < -0.39 is 4.92 Å². The van der Waals surface area contributed by atoms with E-state index in [9.17, 15) is 10.1 Å². The third-order valence-corrected chi connectivity index (χ3v) is 2.41. The Bertz CT molecular complexity index is 425. The lowest BCUT2D eigenvalue weighted by Gasteiger charge is -2.08. The molecule has 1 rings (SSSR count). The molecular formula is C11H19N5O3. The number of rotatable bonds is 8. The van der Waals surface area contributed by atoms with E-state index in [1.165, 1.54) is 6.33 Å². The second-order valence-corrected chi connectivity index (χ2v) is 4.43. The smallest absolute Gasteiger partial charge is 0.352 e. The molecule has 8 nitrogen and oxygen atoms in total. The van der Waals surface area contributed by atoms with Crippen LogP contribution in [-0.2, 0) is 4.74 Å². The SMILES string of the molecule is CC(C)CCOCCNc1ncnc(N)c1[N+](=O)[O-]. The summed E-state index contributed by atoms with van der Waals surface area (Å²) >= 11 is 0. The van der Waals surface area contributed by atoms with Gasteiger partial charge in [-0.1, -0.05) is 13.8 Å². The molecule has 0 spiro atoms. The predicted molar refractivity (Wildman–Crippen MR) is 71.9 cm³/mol. The maximum absolute atomic E-state index is 10.8. The first-order valence-electron chi connectivity index (χ1n) is 6.08. The lowest BCUT2D eigenvalue weighted by molar-refractivity contribution is -0.383. The molecule has 0 aromatic carbocycles. The van der Waals surface area contributed by atoms with E-state index in [4.69, 9.17) is 10.5 Å². The first-order valence-corrected chi connectivity index (χ1v) is 6.08. The number of aromatic nitrogens is 2. The maximum atomic E-state index is 10.8. The summed E-state index contributed by atoms with van der Waals surface area (Å²) in [4.78, 5) is 17.6. The lowest BCUT2D eigenvalue weighted by atomic mass is 10.1. The first-order chi connectivity index (χ1) is 9.02. The van der Waals surface area contributed by atoms with Crippen LogP contribution in [0.5, 0.6) is 0 Å². The van der Waals surface area contributed by atoms with E-state index in [1.54, 1.807) is 0 Å². The summed E-state index contributed by atoms with van der Waals surface area (Å²) in [6.45, 7) is 5.79. The molecule has 0 aliphatic heterocycles. The molecule has 0 atom stereocenters. The van der Waals surface area contributed by atoms with Crippen LogP contribution >= 0.6 is 0 Å². The van der Waals surface area contributed by atoms with Crippen molar-refractivity contribution < 1.29 is 9.66 Å². The Balaban J connectivity index is 2.41. The van der Waals surface area contributed by atoms with Crippen molar-refractivity contribution in [1.29, 1.82) is 0 Å². The van der Waals surface area contributed by atoms with Crippen molar-refractivity contribution in [3.8, 4) is 0 Å². The normalized spacial score (nSPS) is 10.7. The molecule has 0 saturated carbocycles. The Morgan fingerprint density at radius 2 is 2.21 bits per heavy atom. The highest BCUT2D eigenvalue weighted by Crippen LogP contribution is 2.25. The van der Waals surface area contributed by atoms with E-state index in [2.05, 4.69) is 29.1 Å². The highest BCUT2D eigenvalue weighted by Gasteiger charge is 2.20. The zero-order valence-corrected chi connectivity index (χ0v) is 11.1. The Hall–Kier alpha value is -1.96. The fraction of sp³-hybridized carbons (Fsp3) is 0.636. The second-order valence-electron chi connectivity index (χ2n) is 4.43. The number of nitrogens with two attached hydrogens (primary N) is 1. The zero-order valence-electron chi connectivity index (χ0n) is 11.1. The first kappa shape index (κ1) is 15.1. The second kappa shape index (κ2) is 7.47. The monoisotopic (exact) mass is 269 g/mol. The molecule has 1 aromatic heterocycles. The standard InChI is InChI=1S/C11H19N5O3/c1-8(2)3-5-19-6-4-13-11-9(16(17)18)10(12)14-7-15-11/h7-8H,3-6H2,1-2H3,(H3,12,13,14,15). The summed E-state index contributed by atoms with van der Waals surface area (Å²) in [6, 6.07) is 0. The third kappa shape index (κ3) is 5.04. The number of hydrogen-bond donors (Lipinski definition) is 2. The number of hydrogen-bond acceptors (Lipinski definition) is 7. The predicted octanol–water partition coefficient (Wildman–Crippen LogP) is 1.44. The number of nitrogens with one attached hydrogen (secondary N) is 1. The summed E-state index contributed by atoms with van der Waals surface area (Å²) in [5, 5.41) is 13.7. The van der Waals surface area contributed by atoms with E-state index in [0.29, 0.717) is 25.7 Å². The number of nitro groups is 1. The number of anilines is 2. The minimum atomic E-state index is -0.600. The van der Waals surface area contributed by atoms with Gasteiger partial charge in [0.25, 0.3) is 0 Å². The summed E-state index contributed by atoms with van der Waals surface area (Å²) in [6.07, 6.45) is 2.17. The van der Waals surface area contributed by atoms with Gasteiger partial charge in [0.05, 0.1) is 11.5 Å². The summed E-state index contributed by atoms with van der Waals surface area (Å²) < 4.78 is 5.39. The van der Waals surface area contributed by atoms with E-state index in [0.717, 1.165) is 6.42 Å². The zero-order chi connectivity index (χ0) is 14.3. The van der Waals surface area contributed by atoms with E-state index >= 15 is 0 Å². The molecule has 0 radical (unpaired) electrons. The molecule has 8 heteroatoms. The molecule has 0 bridgehead atoms. The quantitative estimate of drug-likeness (QED) is 0.416. The van der Waals surface area contributed by atoms with Gasteiger partial charge < -0.3 is 15.8 Å². The highest BCUT2D eigenvalue weighted by atomic mass is 16.6. The lowest BCUT2D eigenvalue weighted by Crippen LogP contribution is -2.14. The fourth-order valence-electron chi connectivity index (χ4n) is 1.36. The van der Waals surface area contributed by atoms with Crippen molar-refractivity contribution in [3.63, 3.8) is 0 Å². The van der Waals surface area contributed by atoms with Crippen molar-refractivity contribution in [2.75, 3.05) is 30.8 Å². The molecule has 106 valence electrons. The molecular weight excluding hydrogens is 250 g/mol. The number of nitrogen functional groups attached to an aromatic ring is 1. The van der Waals surface area contributed by atoms with Crippen molar-refractivity contribution >= 4 is 17.3 Å². The van der Waals surface area contributed by atoms with Crippen molar-refractivity contribution in [3.05, 3.63) is 16.4 Å². The van der Waals surface area contributed by atoms with Crippen LogP contribution in [-0.4, -0.2) is 34.6 Å². The molecule has 1 aromatic rings. The van der Waals surface area contributed by atoms with Gasteiger partial charge in [-0.05, 0) is 12.3 Å². The Kier molecular flexibility index (Phi) is 5.94. The van der Waals surface area contributed by atoms with Crippen LogP contribution in [0.25, 0.3) is 0 Å². The van der Waals surface area contributed by atoms with E-state index in [1.807, 2.05) is 0 Å². The molecule has 3 N–H and O–H groups in total. The number of nitrogens with zero attached hydrogens (tertiary/aromatic N) is 3. The highest BCUT2D eigenvalue weighted by molar-refractivity contribution is 5.67. The molecule has 0 fully saturated rings. The summed E-state index contributed by atoms with van der Waals surface area (Å²) in [5.74, 6) is 0.559. The van der Waals surface area contributed by atoms with Crippen LogP contribution in [0.4, 0.5) is 17.3 Å². The van der Waals surface area contributed by atoms with Crippen LogP contribution in [0.2, 0.25) is 0 Å². The molecule has 0 aliphatic rings. The van der Waals surface area contributed by atoms with Crippen molar-refractivity contribution in [2.24, 2.45) is 5.92 Å². The van der Waals surface area contributed by atoms with Crippen LogP contribution in [0.15, 0.2) is 6.33 Å². The van der Waals surface area contributed by atoms with Gasteiger partial charge in [0.15, 0.2) is 0 Å². The van der Waals surface area contributed by atoms with Gasteiger partial charge >= 0.3 is 5.69 Å². The summed E-state index contributed by atoms with van der Waals surface area (Å²) in [7, 11) is 0. The van der Waals surface area contributed by atoms with Gasteiger partial charge in [-0.2, -0.15) is 0 Å². The van der Waals surface area contributed by atoms with Gasteiger partial charge in [0, 0.05) is 13.2 Å². The molecule has 0 amide bonds. The van der Waals surface area contributed by atoms with Gasteiger partial charge in [-0.3, -0.25) is 10.1 Å². The van der Waals surface area contributed by atoms with Crippen LogP contribution in [0, 0.1) is 16.0 Å². The van der Waals surface area contributed by atoms with Gasteiger partial charge in [0.2, 0.25) is 11.6 Å². The van der Waals surface area contributed by atoms with Crippen LogP contribution in [0.3, 0.4) is 0 Å². The molecule has 0 unspecified atom stereocenters. The Labute approximate surface area is 111 Å². The van der Waals surface area contributed by atoms with Gasteiger partial charge in [-0.15, -0.1) is 0 Å². The largest absolute Gasteiger partial charge is 0.380 e. The maximum Gasteiger partial charge on any atom is 0.352 e. The topological polar surface area (TPSA) is 116 Å². The summed E-state index contributed by atoms with van der Waals surface area (Å²) in [5.41, 5.74) is 5.14. The molecule has 19 heavy (non-hydrogen) atoms. The Morgan fingerprint density at radius 3 is 2.84 bits per heavy atom. The minimum absolute atomic E-state index is 0.116. The van der Waals surface area contributed by atoms with Crippen molar-refractivity contribution in [2.45, 2.75) is 20.3 Å². The average Bonchev–Trinajstić information content (AvgIpc) is 2.32. The molecule has 0 saturated heterocycles. The Morgan fingerprint density at radius 1 is 1.47 bits per heavy atom. The molecule has 0 aliphatic carbocycles. The number of ether oxygens (including phenoxy) is 1. The van der Waals surface area contributed by atoms with Crippen molar-refractivity contribution in [1.82, 2.24) is 9.97 Å². The average molecular weight is 269 g/mol. The fourth-order valence-corrected chi connectivity index (χ4v) is 1.36. The van der Waals surface area contributed by atoms with Gasteiger partial charge in [0.1, 0.15) is 6.33 Å². The van der Waals surface area contributed by atoms with E-state index in [-0.39, 0.29) is 17.3 Å². The minimum Gasteiger partial charge on any atom is -0.380 e. The van der Waals surface area contributed by atoms with Gasteiger partial charge in [-0.25, -0.2) is 9.97 Å². The third-order valence-electron chi connectivity index (χ3n) is 2.41. The molecule has 1 heterocycles.